The first-order valence-corrected chi connectivity index (χ1v) is 7.65. The monoisotopic (exact) mass is 336 g/mol. The quantitative estimate of drug-likeness (QED) is 0.781. The topological polar surface area (TPSA) is 76.2 Å². The molecule has 2 heterocycles. The standard InChI is InChI=1S/C16H17FN2O5/c1-3-4-18-13(20)6-9-5-10(7-11(17)14(9)18)19-8-12(15(21)23-2)24-16(19)22/h5,7,12H,3-4,6,8H2,1-2H3. The fourth-order valence-corrected chi connectivity index (χ4v) is 3.00. The Morgan fingerprint density at radius 2 is 2.17 bits per heavy atom. The Morgan fingerprint density at radius 3 is 2.83 bits per heavy atom. The van der Waals surface area contributed by atoms with Crippen molar-refractivity contribution in [1.82, 2.24) is 0 Å². The lowest BCUT2D eigenvalue weighted by atomic mass is 10.1. The van der Waals surface area contributed by atoms with Crippen LogP contribution in [0.25, 0.3) is 0 Å². The number of anilines is 2. The predicted octanol–water partition coefficient (Wildman–Crippen LogP) is 1.62. The normalized spacial score (nSPS) is 19.5. The number of carbonyl (C=O) groups is 3. The van der Waals surface area contributed by atoms with Gasteiger partial charge in [0.2, 0.25) is 12.0 Å². The van der Waals surface area contributed by atoms with E-state index in [-0.39, 0.29) is 30.2 Å². The van der Waals surface area contributed by atoms with Gasteiger partial charge in [-0.15, -0.1) is 0 Å². The summed E-state index contributed by atoms with van der Waals surface area (Å²) in [7, 11) is 1.20. The molecule has 3 rings (SSSR count). The first-order chi connectivity index (χ1) is 11.5. The number of nitrogens with zero attached hydrogens (tertiary/aromatic N) is 2. The third kappa shape index (κ3) is 2.57. The van der Waals surface area contributed by atoms with Crippen LogP contribution in [0.15, 0.2) is 12.1 Å². The van der Waals surface area contributed by atoms with Gasteiger partial charge in [0.15, 0.2) is 0 Å². The van der Waals surface area contributed by atoms with Crippen molar-refractivity contribution < 1.29 is 28.2 Å². The summed E-state index contributed by atoms with van der Waals surface area (Å²) in [6, 6.07) is 2.77. The summed E-state index contributed by atoms with van der Waals surface area (Å²) in [6.07, 6.45) is -0.994. The average molecular weight is 336 g/mol. The van der Waals surface area contributed by atoms with Crippen LogP contribution in [0.5, 0.6) is 0 Å². The van der Waals surface area contributed by atoms with E-state index in [9.17, 15) is 18.8 Å². The Balaban J connectivity index is 1.91. The number of hydrogen-bond acceptors (Lipinski definition) is 5. The molecule has 1 aromatic carbocycles. The lowest BCUT2D eigenvalue weighted by molar-refractivity contribution is -0.148. The third-order valence-corrected chi connectivity index (χ3v) is 4.07. The van der Waals surface area contributed by atoms with E-state index in [0.717, 1.165) is 4.90 Å². The molecule has 0 radical (unpaired) electrons. The Kier molecular flexibility index (Phi) is 4.13. The van der Waals surface area contributed by atoms with Gasteiger partial charge in [-0.1, -0.05) is 6.92 Å². The summed E-state index contributed by atoms with van der Waals surface area (Å²) in [6.45, 7) is 2.29. The molecule has 128 valence electrons. The highest BCUT2D eigenvalue weighted by atomic mass is 19.1. The molecule has 1 fully saturated rings. The molecule has 2 amide bonds. The van der Waals surface area contributed by atoms with Gasteiger partial charge in [-0.3, -0.25) is 9.69 Å². The Labute approximate surface area is 137 Å². The van der Waals surface area contributed by atoms with Crippen molar-refractivity contribution >= 4 is 29.3 Å². The van der Waals surface area contributed by atoms with Gasteiger partial charge in [-0.2, -0.15) is 0 Å². The lowest BCUT2D eigenvalue weighted by Gasteiger charge is -2.19. The van der Waals surface area contributed by atoms with Gasteiger partial charge < -0.3 is 14.4 Å². The minimum absolute atomic E-state index is 0.0592. The van der Waals surface area contributed by atoms with Crippen molar-refractivity contribution in [2.45, 2.75) is 25.9 Å². The first-order valence-electron chi connectivity index (χ1n) is 7.65. The molecule has 0 bridgehead atoms. The van der Waals surface area contributed by atoms with Crippen LogP contribution in [-0.4, -0.2) is 44.3 Å². The molecule has 7 nitrogen and oxygen atoms in total. The van der Waals surface area contributed by atoms with E-state index in [1.54, 1.807) is 6.07 Å². The molecule has 2 aliphatic rings. The van der Waals surface area contributed by atoms with Gasteiger partial charge in [0.1, 0.15) is 5.82 Å². The van der Waals surface area contributed by atoms with Crippen LogP contribution in [0, 0.1) is 5.82 Å². The third-order valence-electron chi connectivity index (χ3n) is 4.07. The number of halogens is 1. The zero-order valence-corrected chi connectivity index (χ0v) is 13.4. The average Bonchev–Trinajstić information content (AvgIpc) is 3.08. The number of cyclic esters (lactones) is 1. The van der Waals surface area contributed by atoms with E-state index in [2.05, 4.69) is 4.74 Å². The fraction of sp³-hybridized carbons (Fsp3) is 0.438. The fourth-order valence-electron chi connectivity index (χ4n) is 3.00. The summed E-state index contributed by atoms with van der Waals surface area (Å²) in [5, 5.41) is 0. The second-order valence-corrected chi connectivity index (χ2v) is 5.66. The summed E-state index contributed by atoms with van der Waals surface area (Å²) < 4.78 is 24.0. The number of rotatable bonds is 4. The maximum Gasteiger partial charge on any atom is 0.415 e. The van der Waals surface area contributed by atoms with Crippen molar-refractivity contribution in [2.24, 2.45) is 0 Å². The molecule has 24 heavy (non-hydrogen) atoms. The van der Waals surface area contributed by atoms with Crippen LogP contribution in [0.1, 0.15) is 18.9 Å². The summed E-state index contributed by atoms with van der Waals surface area (Å²) >= 11 is 0. The molecule has 1 unspecified atom stereocenters. The molecular weight excluding hydrogens is 319 g/mol. The van der Waals surface area contributed by atoms with Gasteiger partial charge >= 0.3 is 12.1 Å². The first kappa shape index (κ1) is 16.2. The molecule has 0 spiro atoms. The molecule has 2 aliphatic heterocycles. The molecule has 8 heteroatoms. The zero-order chi connectivity index (χ0) is 17.4. The predicted molar refractivity (Wildman–Crippen MR) is 82.4 cm³/mol. The molecular formula is C16H17FN2O5. The van der Waals surface area contributed by atoms with E-state index in [1.165, 1.54) is 18.1 Å². The molecule has 1 atom stereocenters. The Bertz CT molecular complexity index is 721. The SMILES string of the molecule is CCCN1C(=O)Cc2cc(N3CC(C(=O)OC)OC3=O)cc(F)c21. The lowest BCUT2D eigenvalue weighted by Crippen LogP contribution is -2.29. The Morgan fingerprint density at radius 1 is 1.42 bits per heavy atom. The number of hydrogen-bond donors (Lipinski definition) is 0. The molecule has 0 aromatic heterocycles. The van der Waals surface area contributed by atoms with Crippen LogP contribution in [0.4, 0.5) is 20.6 Å². The van der Waals surface area contributed by atoms with Crippen molar-refractivity contribution in [3.63, 3.8) is 0 Å². The van der Waals surface area contributed by atoms with E-state index in [0.29, 0.717) is 18.5 Å². The highest BCUT2D eigenvalue weighted by Gasteiger charge is 2.39. The van der Waals surface area contributed by atoms with Crippen LogP contribution in [0.2, 0.25) is 0 Å². The second kappa shape index (κ2) is 6.10. The highest BCUT2D eigenvalue weighted by Crippen LogP contribution is 2.36. The van der Waals surface area contributed by atoms with Gasteiger partial charge in [0, 0.05) is 6.54 Å². The smallest absolute Gasteiger partial charge is 0.415 e. The van der Waals surface area contributed by atoms with Gasteiger partial charge in [-0.05, 0) is 24.1 Å². The second-order valence-electron chi connectivity index (χ2n) is 5.66. The molecule has 0 N–H and O–H groups in total. The van der Waals surface area contributed by atoms with E-state index in [4.69, 9.17) is 4.74 Å². The van der Waals surface area contributed by atoms with E-state index < -0.39 is 24.0 Å². The largest absolute Gasteiger partial charge is 0.466 e. The number of ether oxygens (including phenoxy) is 2. The number of amides is 2. The van der Waals surface area contributed by atoms with Crippen LogP contribution >= 0.6 is 0 Å². The minimum atomic E-state index is -1.04. The maximum absolute atomic E-state index is 14.5. The van der Waals surface area contributed by atoms with Crippen molar-refractivity contribution in [2.75, 3.05) is 30.0 Å². The molecule has 1 aromatic rings. The van der Waals surface area contributed by atoms with Gasteiger partial charge in [-0.25, -0.2) is 14.0 Å². The van der Waals surface area contributed by atoms with Gasteiger partial charge in [0.05, 0.1) is 31.5 Å². The van der Waals surface area contributed by atoms with E-state index >= 15 is 0 Å². The minimum Gasteiger partial charge on any atom is -0.466 e. The van der Waals surface area contributed by atoms with Crippen LogP contribution < -0.4 is 9.80 Å². The maximum atomic E-state index is 14.5. The van der Waals surface area contributed by atoms with Crippen molar-refractivity contribution in [3.05, 3.63) is 23.5 Å². The highest BCUT2D eigenvalue weighted by molar-refractivity contribution is 6.03. The van der Waals surface area contributed by atoms with Crippen LogP contribution in [0.3, 0.4) is 0 Å². The molecule has 0 aliphatic carbocycles. The number of carbonyl (C=O) groups excluding carboxylic acids is 3. The number of fused-ring (bicyclic) bond motifs is 1. The van der Waals surface area contributed by atoms with E-state index in [1.807, 2.05) is 6.92 Å². The summed E-state index contributed by atoms with van der Waals surface area (Å²) in [4.78, 5) is 38.1. The summed E-state index contributed by atoms with van der Waals surface area (Å²) in [5.41, 5.74) is 1.05. The van der Waals surface area contributed by atoms with Crippen molar-refractivity contribution in [3.8, 4) is 0 Å². The molecule has 1 saturated heterocycles. The number of esters is 1. The number of methoxy groups -OCH3 is 1. The molecule has 0 saturated carbocycles. The summed E-state index contributed by atoms with van der Waals surface area (Å²) in [5.74, 6) is -1.41. The van der Waals surface area contributed by atoms with Gasteiger partial charge in [0.25, 0.3) is 0 Å². The van der Waals surface area contributed by atoms with Crippen LogP contribution in [-0.2, 0) is 25.5 Å². The Hall–Kier alpha value is -2.64. The zero-order valence-electron chi connectivity index (χ0n) is 13.4. The van der Waals surface area contributed by atoms with Crippen molar-refractivity contribution in [1.29, 1.82) is 0 Å². The number of benzene rings is 1.